The Balaban J connectivity index is 1.08. The highest BCUT2D eigenvalue weighted by atomic mass is 14.9. The molecular weight excluding hydrogens is 631 g/mol. The molecule has 1 aromatic heterocycles. The van der Waals surface area contributed by atoms with Crippen LogP contribution in [0.15, 0.2) is 188 Å². The van der Waals surface area contributed by atoms with Gasteiger partial charge in [-0.25, -0.2) is 9.97 Å². The van der Waals surface area contributed by atoms with E-state index in [-0.39, 0.29) is 0 Å². The first-order chi connectivity index (χ1) is 25.7. The molecule has 0 fully saturated rings. The molecule has 0 N–H and O–H groups in total. The van der Waals surface area contributed by atoms with E-state index >= 15 is 0 Å². The quantitative estimate of drug-likeness (QED) is 0.178. The van der Waals surface area contributed by atoms with Crippen LogP contribution in [0.2, 0.25) is 0 Å². The van der Waals surface area contributed by atoms with E-state index in [2.05, 4.69) is 133 Å². The van der Waals surface area contributed by atoms with Crippen molar-refractivity contribution >= 4 is 21.5 Å². The first kappa shape index (κ1) is 30.9. The van der Waals surface area contributed by atoms with Crippen molar-refractivity contribution in [3.05, 3.63) is 194 Å². The van der Waals surface area contributed by atoms with Crippen molar-refractivity contribution in [1.29, 1.82) is 5.26 Å². The Morgan fingerprint density at radius 2 is 0.865 bits per heavy atom. The molecule has 0 aliphatic carbocycles. The third kappa shape index (κ3) is 5.89. The number of hydrogen-bond donors (Lipinski definition) is 0. The standard InChI is InChI=1S/C49H31N3/c50-32-33-18-20-35(21-19-33)46-30-42(29-40-14-7-8-16-44(40)46)39-26-27-45-41(28-39)15-9-17-43(45)34-22-24-37(25-23-34)48-31-47(36-10-3-1-4-11-36)51-49(52-48)38-12-5-2-6-13-38/h1-31H. The van der Waals surface area contributed by atoms with E-state index in [1.54, 1.807) is 0 Å². The van der Waals surface area contributed by atoms with E-state index in [0.717, 1.165) is 55.9 Å². The van der Waals surface area contributed by atoms with Crippen LogP contribution in [0.3, 0.4) is 0 Å². The fourth-order valence-electron chi connectivity index (χ4n) is 7.04. The first-order valence-corrected chi connectivity index (χ1v) is 17.4. The largest absolute Gasteiger partial charge is 0.228 e. The van der Waals surface area contributed by atoms with Gasteiger partial charge in [-0.3, -0.25) is 0 Å². The van der Waals surface area contributed by atoms with Crippen LogP contribution in [0.5, 0.6) is 0 Å². The molecule has 0 saturated carbocycles. The van der Waals surface area contributed by atoms with Crippen molar-refractivity contribution in [2.45, 2.75) is 0 Å². The molecule has 9 aromatic rings. The van der Waals surface area contributed by atoms with Crippen molar-refractivity contribution in [1.82, 2.24) is 9.97 Å². The van der Waals surface area contributed by atoms with Gasteiger partial charge in [-0.2, -0.15) is 5.26 Å². The zero-order valence-corrected chi connectivity index (χ0v) is 28.2. The van der Waals surface area contributed by atoms with Crippen LogP contribution in [0, 0.1) is 11.3 Å². The van der Waals surface area contributed by atoms with Gasteiger partial charge in [0.25, 0.3) is 0 Å². The second-order valence-corrected chi connectivity index (χ2v) is 12.9. The smallest absolute Gasteiger partial charge is 0.160 e. The topological polar surface area (TPSA) is 49.6 Å². The number of benzene rings is 8. The number of rotatable bonds is 6. The second-order valence-electron chi connectivity index (χ2n) is 12.9. The van der Waals surface area contributed by atoms with Gasteiger partial charge in [0.2, 0.25) is 0 Å². The number of nitrogens with zero attached hydrogens (tertiary/aromatic N) is 3. The van der Waals surface area contributed by atoms with Crippen LogP contribution in [0.25, 0.3) is 88.8 Å². The lowest BCUT2D eigenvalue weighted by atomic mass is 9.91. The van der Waals surface area contributed by atoms with E-state index in [4.69, 9.17) is 9.97 Å². The average molecular weight is 662 g/mol. The van der Waals surface area contributed by atoms with Gasteiger partial charge in [-0.1, -0.05) is 152 Å². The zero-order valence-electron chi connectivity index (χ0n) is 28.2. The summed E-state index contributed by atoms with van der Waals surface area (Å²) in [5.41, 5.74) is 12.4. The van der Waals surface area contributed by atoms with Crippen LogP contribution >= 0.6 is 0 Å². The summed E-state index contributed by atoms with van der Waals surface area (Å²) < 4.78 is 0. The molecule has 0 spiro atoms. The number of fused-ring (bicyclic) bond motifs is 2. The molecule has 0 atom stereocenters. The summed E-state index contributed by atoms with van der Waals surface area (Å²) in [6, 6.07) is 67.6. The van der Waals surface area contributed by atoms with Gasteiger partial charge in [0, 0.05) is 16.7 Å². The van der Waals surface area contributed by atoms with Gasteiger partial charge in [0.1, 0.15) is 0 Å². The lowest BCUT2D eigenvalue weighted by Crippen LogP contribution is -1.95. The molecule has 0 radical (unpaired) electrons. The van der Waals surface area contributed by atoms with Crippen LogP contribution in [-0.4, -0.2) is 9.97 Å². The van der Waals surface area contributed by atoms with Crippen molar-refractivity contribution in [2.75, 3.05) is 0 Å². The molecule has 9 rings (SSSR count). The number of hydrogen-bond acceptors (Lipinski definition) is 3. The van der Waals surface area contributed by atoms with Crippen LogP contribution < -0.4 is 0 Å². The minimum absolute atomic E-state index is 0.660. The number of aromatic nitrogens is 2. The maximum Gasteiger partial charge on any atom is 0.160 e. The molecule has 52 heavy (non-hydrogen) atoms. The molecule has 3 nitrogen and oxygen atoms in total. The van der Waals surface area contributed by atoms with Crippen LogP contribution in [-0.2, 0) is 0 Å². The Hall–Kier alpha value is -7.15. The summed E-state index contributed by atoms with van der Waals surface area (Å²) in [7, 11) is 0. The van der Waals surface area contributed by atoms with Gasteiger partial charge >= 0.3 is 0 Å². The molecule has 0 amide bonds. The Kier molecular flexibility index (Phi) is 7.89. The van der Waals surface area contributed by atoms with Gasteiger partial charge in [-0.05, 0) is 91.3 Å². The van der Waals surface area contributed by atoms with E-state index < -0.39 is 0 Å². The molecule has 0 bridgehead atoms. The minimum atomic E-state index is 0.660. The van der Waals surface area contributed by atoms with E-state index in [9.17, 15) is 5.26 Å². The first-order valence-electron chi connectivity index (χ1n) is 17.4. The molecule has 0 aliphatic heterocycles. The lowest BCUT2D eigenvalue weighted by Gasteiger charge is -2.13. The average Bonchev–Trinajstić information content (AvgIpc) is 3.23. The van der Waals surface area contributed by atoms with Crippen molar-refractivity contribution in [2.24, 2.45) is 0 Å². The van der Waals surface area contributed by atoms with Gasteiger partial charge in [0.15, 0.2) is 5.82 Å². The molecule has 0 unspecified atom stereocenters. The highest BCUT2D eigenvalue weighted by Gasteiger charge is 2.13. The highest BCUT2D eigenvalue weighted by molar-refractivity contribution is 6.02. The maximum absolute atomic E-state index is 9.34. The summed E-state index contributed by atoms with van der Waals surface area (Å²) in [5.74, 6) is 0.710. The molecule has 8 aromatic carbocycles. The zero-order chi connectivity index (χ0) is 34.9. The van der Waals surface area contributed by atoms with Crippen molar-refractivity contribution in [3.63, 3.8) is 0 Å². The van der Waals surface area contributed by atoms with Gasteiger partial charge in [-0.15, -0.1) is 0 Å². The summed E-state index contributed by atoms with van der Waals surface area (Å²) in [6.45, 7) is 0. The Labute approximate surface area is 302 Å². The highest BCUT2D eigenvalue weighted by Crippen LogP contribution is 2.37. The Bertz CT molecular complexity index is 2710. The predicted octanol–water partition coefficient (Wildman–Crippen LogP) is 12.7. The summed E-state index contributed by atoms with van der Waals surface area (Å²) >= 11 is 0. The van der Waals surface area contributed by atoms with E-state index in [0.29, 0.717) is 11.4 Å². The molecule has 0 aliphatic rings. The fourth-order valence-corrected chi connectivity index (χ4v) is 7.04. The molecule has 0 saturated heterocycles. The van der Waals surface area contributed by atoms with E-state index in [1.165, 1.54) is 27.1 Å². The maximum atomic E-state index is 9.34. The number of nitriles is 1. The van der Waals surface area contributed by atoms with Crippen LogP contribution in [0.4, 0.5) is 0 Å². The molecule has 3 heteroatoms. The molecular formula is C49H31N3. The van der Waals surface area contributed by atoms with Crippen molar-refractivity contribution < 1.29 is 0 Å². The fraction of sp³-hybridized carbons (Fsp3) is 0. The van der Waals surface area contributed by atoms with Crippen molar-refractivity contribution in [3.8, 4) is 73.4 Å². The van der Waals surface area contributed by atoms with Gasteiger partial charge < -0.3 is 0 Å². The molecule has 1 heterocycles. The van der Waals surface area contributed by atoms with Gasteiger partial charge in [0.05, 0.1) is 23.0 Å². The third-order valence-electron chi connectivity index (χ3n) is 9.72. The Morgan fingerprint density at radius 1 is 0.346 bits per heavy atom. The lowest BCUT2D eigenvalue weighted by molar-refractivity contribution is 1.18. The third-order valence-corrected chi connectivity index (χ3v) is 9.72. The minimum Gasteiger partial charge on any atom is -0.228 e. The second kappa shape index (κ2) is 13.3. The normalized spacial score (nSPS) is 11.1. The monoisotopic (exact) mass is 661 g/mol. The molecule has 242 valence electrons. The SMILES string of the molecule is N#Cc1ccc(-c2cc(-c3ccc4c(-c5ccc(-c6cc(-c7ccccc7)nc(-c7ccccc7)n6)cc5)cccc4c3)cc3ccccc23)cc1. The summed E-state index contributed by atoms with van der Waals surface area (Å²) in [6.07, 6.45) is 0. The Morgan fingerprint density at radius 3 is 1.58 bits per heavy atom. The summed E-state index contributed by atoms with van der Waals surface area (Å²) in [5, 5.41) is 14.1. The van der Waals surface area contributed by atoms with E-state index in [1.807, 2.05) is 60.7 Å². The predicted molar refractivity (Wildman–Crippen MR) is 214 cm³/mol. The summed E-state index contributed by atoms with van der Waals surface area (Å²) in [4.78, 5) is 9.97. The van der Waals surface area contributed by atoms with Crippen LogP contribution in [0.1, 0.15) is 5.56 Å².